The smallest absolute Gasteiger partial charge is 0.263 e. The second kappa shape index (κ2) is 12.1. The van der Waals surface area contributed by atoms with E-state index in [4.69, 9.17) is 14.2 Å². The molecule has 0 saturated carbocycles. The number of hydrogen-bond acceptors (Lipinski definition) is 7. The Morgan fingerprint density at radius 3 is 2.43 bits per heavy atom. The average molecular weight is 477 g/mol. The second-order valence-electron chi connectivity index (χ2n) is 8.23. The van der Waals surface area contributed by atoms with Crippen molar-refractivity contribution in [3.05, 3.63) is 66.5 Å². The lowest BCUT2D eigenvalue weighted by Gasteiger charge is -2.32. The SMILES string of the molecule is CCOc1ccc(CNC(=O)C2CCN(c3nccnc3Oc3ccccc3)CC2)cc1OCC. The van der Waals surface area contributed by atoms with Crippen molar-refractivity contribution in [1.29, 1.82) is 0 Å². The number of anilines is 1. The molecule has 0 bridgehead atoms. The van der Waals surface area contributed by atoms with Crippen molar-refractivity contribution in [3.63, 3.8) is 0 Å². The van der Waals surface area contributed by atoms with Crippen LogP contribution < -0.4 is 24.4 Å². The third-order valence-corrected chi connectivity index (χ3v) is 5.84. The molecule has 0 radical (unpaired) electrons. The molecule has 2 heterocycles. The molecule has 1 fully saturated rings. The van der Waals surface area contributed by atoms with Gasteiger partial charge in [0.2, 0.25) is 5.91 Å². The van der Waals surface area contributed by atoms with Gasteiger partial charge in [0.1, 0.15) is 5.75 Å². The predicted octanol–water partition coefficient (Wildman–Crippen LogP) is 4.60. The maximum Gasteiger partial charge on any atom is 0.263 e. The van der Waals surface area contributed by atoms with Crippen LogP contribution >= 0.6 is 0 Å². The minimum absolute atomic E-state index is 0.0459. The highest BCUT2D eigenvalue weighted by Crippen LogP contribution is 2.31. The van der Waals surface area contributed by atoms with Gasteiger partial charge in [0, 0.05) is 37.9 Å². The second-order valence-corrected chi connectivity index (χ2v) is 8.23. The van der Waals surface area contributed by atoms with Gasteiger partial charge in [-0.25, -0.2) is 9.97 Å². The number of piperidine rings is 1. The molecule has 184 valence electrons. The van der Waals surface area contributed by atoms with E-state index in [9.17, 15) is 4.79 Å². The average Bonchev–Trinajstić information content (AvgIpc) is 2.90. The summed E-state index contributed by atoms with van der Waals surface area (Å²) in [6, 6.07) is 15.3. The summed E-state index contributed by atoms with van der Waals surface area (Å²) >= 11 is 0. The van der Waals surface area contributed by atoms with Crippen molar-refractivity contribution in [2.75, 3.05) is 31.2 Å². The summed E-state index contributed by atoms with van der Waals surface area (Å²) in [7, 11) is 0. The Morgan fingerprint density at radius 2 is 1.69 bits per heavy atom. The van der Waals surface area contributed by atoms with E-state index < -0.39 is 0 Å². The summed E-state index contributed by atoms with van der Waals surface area (Å²) in [6.07, 6.45) is 4.76. The van der Waals surface area contributed by atoms with Crippen LogP contribution in [0.25, 0.3) is 0 Å². The number of carbonyl (C=O) groups excluding carboxylic acids is 1. The fraction of sp³-hybridized carbons (Fsp3) is 0.370. The highest BCUT2D eigenvalue weighted by molar-refractivity contribution is 5.79. The lowest BCUT2D eigenvalue weighted by atomic mass is 9.96. The van der Waals surface area contributed by atoms with Gasteiger partial charge in [-0.3, -0.25) is 4.79 Å². The Hall–Kier alpha value is -3.81. The number of carbonyl (C=O) groups is 1. The van der Waals surface area contributed by atoms with Gasteiger partial charge in [0.25, 0.3) is 5.88 Å². The zero-order chi connectivity index (χ0) is 24.5. The summed E-state index contributed by atoms with van der Waals surface area (Å²) in [5, 5.41) is 3.08. The first-order valence-corrected chi connectivity index (χ1v) is 12.1. The summed E-state index contributed by atoms with van der Waals surface area (Å²) in [6.45, 7) is 6.87. The Labute approximate surface area is 206 Å². The molecular weight excluding hydrogens is 444 g/mol. The molecule has 1 saturated heterocycles. The van der Waals surface area contributed by atoms with Gasteiger partial charge in [-0.2, -0.15) is 0 Å². The van der Waals surface area contributed by atoms with Crippen LogP contribution in [0.1, 0.15) is 32.3 Å². The van der Waals surface area contributed by atoms with Gasteiger partial charge >= 0.3 is 0 Å². The molecule has 8 heteroatoms. The van der Waals surface area contributed by atoms with E-state index in [-0.39, 0.29) is 11.8 Å². The summed E-state index contributed by atoms with van der Waals surface area (Å²) in [5.41, 5.74) is 0.977. The fourth-order valence-corrected chi connectivity index (χ4v) is 4.10. The van der Waals surface area contributed by atoms with Crippen LogP contribution in [0.4, 0.5) is 5.82 Å². The highest BCUT2D eigenvalue weighted by Gasteiger charge is 2.27. The van der Waals surface area contributed by atoms with Gasteiger partial charge in [-0.15, -0.1) is 0 Å². The third-order valence-electron chi connectivity index (χ3n) is 5.84. The van der Waals surface area contributed by atoms with Crippen molar-refractivity contribution in [1.82, 2.24) is 15.3 Å². The maximum absolute atomic E-state index is 12.9. The standard InChI is InChI=1S/C27H32N4O4/c1-3-33-23-11-10-20(18-24(23)34-4-2)19-30-26(32)21-12-16-31(17-13-21)25-27(29-15-14-28-25)35-22-8-6-5-7-9-22/h5-11,14-15,18,21H,3-4,12-13,16-17,19H2,1-2H3,(H,30,32). The first-order chi connectivity index (χ1) is 17.2. The first kappa shape index (κ1) is 24.3. The Bertz CT molecular complexity index is 1100. The van der Waals surface area contributed by atoms with Crippen LogP contribution in [-0.4, -0.2) is 42.2 Å². The molecule has 3 aromatic rings. The van der Waals surface area contributed by atoms with Crippen molar-refractivity contribution in [2.45, 2.75) is 33.2 Å². The van der Waals surface area contributed by atoms with E-state index in [0.717, 1.165) is 24.2 Å². The van der Waals surface area contributed by atoms with Crippen LogP contribution in [-0.2, 0) is 11.3 Å². The molecule has 4 rings (SSSR count). The largest absolute Gasteiger partial charge is 0.490 e. The zero-order valence-corrected chi connectivity index (χ0v) is 20.3. The zero-order valence-electron chi connectivity index (χ0n) is 20.3. The molecule has 35 heavy (non-hydrogen) atoms. The van der Waals surface area contributed by atoms with Crippen LogP contribution in [0.3, 0.4) is 0 Å². The van der Waals surface area contributed by atoms with Crippen molar-refractivity contribution in [2.24, 2.45) is 5.92 Å². The van der Waals surface area contributed by atoms with E-state index in [1.165, 1.54) is 0 Å². The van der Waals surface area contributed by atoms with Crippen molar-refractivity contribution >= 4 is 11.7 Å². The lowest BCUT2D eigenvalue weighted by Crippen LogP contribution is -2.40. The highest BCUT2D eigenvalue weighted by atomic mass is 16.5. The van der Waals surface area contributed by atoms with E-state index in [1.807, 2.05) is 62.4 Å². The number of aromatic nitrogens is 2. The van der Waals surface area contributed by atoms with Gasteiger partial charge < -0.3 is 24.4 Å². The molecule has 1 aliphatic rings. The summed E-state index contributed by atoms with van der Waals surface area (Å²) < 4.78 is 17.3. The topological polar surface area (TPSA) is 85.8 Å². The van der Waals surface area contributed by atoms with Crippen LogP contribution in [0, 0.1) is 5.92 Å². The Kier molecular flexibility index (Phi) is 8.38. The third kappa shape index (κ3) is 6.41. The number of amides is 1. The Balaban J connectivity index is 1.32. The molecular formula is C27H32N4O4. The number of hydrogen-bond donors (Lipinski definition) is 1. The lowest BCUT2D eigenvalue weighted by molar-refractivity contribution is -0.125. The molecule has 2 aromatic carbocycles. The number of para-hydroxylation sites is 1. The molecule has 1 aromatic heterocycles. The monoisotopic (exact) mass is 476 g/mol. The van der Waals surface area contributed by atoms with E-state index >= 15 is 0 Å². The van der Waals surface area contributed by atoms with E-state index in [1.54, 1.807) is 12.4 Å². The van der Waals surface area contributed by atoms with Crippen molar-refractivity contribution < 1.29 is 19.0 Å². The molecule has 0 atom stereocenters. The van der Waals surface area contributed by atoms with Gasteiger partial charge in [-0.05, 0) is 56.5 Å². The van der Waals surface area contributed by atoms with Crippen LogP contribution in [0.15, 0.2) is 60.9 Å². The quantitative estimate of drug-likeness (QED) is 0.458. The minimum atomic E-state index is -0.0459. The summed E-state index contributed by atoms with van der Waals surface area (Å²) in [4.78, 5) is 23.9. The molecule has 8 nitrogen and oxygen atoms in total. The first-order valence-electron chi connectivity index (χ1n) is 12.1. The van der Waals surface area contributed by atoms with E-state index in [2.05, 4.69) is 20.2 Å². The number of nitrogens with one attached hydrogen (secondary N) is 1. The van der Waals surface area contributed by atoms with Crippen molar-refractivity contribution in [3.8, 4) is 23.1 Å². The molecule has 1 aliphatic heterocycles. The van der Waals surface area contributed by atoms with Crippen LogP contribution in [0.5, 0.6) is 23.1 Å². The molecule has 0 aliphatic carbocycles. The fourth-order valence-electron chi connectivity index (χ4n) is 4.10. The molecule has 1 amide bonds. The number of benzene rings is 2. The van der Waals surface area contributed by atoms with Gasteiger partial charge in [-0.1, -0.05) is 24.3 Å². The predicted molar refractivity (Wildman–Crippen MR) is 134 cm³/mol. The number of nitrogens with zero attached hydrogens (tertiary/aromatic N) is 3. The minimum Gasteiger partial charge on any atom is -0.490 e. The van der Waals surface area contributed by atoms with Crippen LogP contribution in [0.2, 0.25) is 0 Å². The van der Waals surface area contributed by atoms with Gasteiger partial charge in [0.05, 0.1) is 13.2 Å². The Morgan fingerprint density at radius 1 is 0.971 bits per heavy atom. The number of rotatable bonds is 10. The van der Waals surface area contributed by atoms with E-state index in [0.29, 0.717) is 56.0 Å². The molecule has 1 N–H and O–H groups in total. The molecule has 0 spiro atoms. The normalized spacial score (nSPS) is 13.8. The molecule has 0 unspecified atom stereocenters. The van der Waals surface area contributed by atoms with Gasteiger partial charge in [0.15, 0.2) is 17.3 Å². The summed E-state index contributed by atoms with van der Waals surface area (Å²) in [5.74, 6) is 3.33. The number of ether oxygens (including phenoxy) is 3. The maximum atomic E-state index is 12.9.